The van der Waals surface area contributed by atoms with Gasteiger partial charge >= 0.3 is 45.6 Å². The third kappa shape index (κ3) is 58.7. The molecule has 0 amide bonds. The van der Waals surface area contributed by atoms with Gasteiger partial charge in [0.25, 0.3) is 0 Å². The van der Waals surface area contributed by atoms with Crippen molar-refractivity contribution in [3.63, 3.8) is 0 Å². The predicted octanol–water partition coefficient (Wildman–Crippen LogP) is 4.26. The van der Waals surface area contributed by atoms with E-state index in [1.54, 1.807) is 67.6 Å². The first-order chi connectivity index (χ1) is 47.7. The van der Waals surface area contributed by atoms with Gasteiger partial charge in [-0.15, -0.1) is 0 Å². The summed E-state index contributed by atoms with van der Waals surface area (Å²) in [5.41, 5.74) is 4.44. The highest BCUT2D eigenvalue weighted by molar-refractivity contribution is 6.58. The van der Waals surface area contributed by atoms with Gasteiger partial charge < -0.3 is 110 Å². The van der Waals surface area contributed by atoms with Gasteiger partial charge in [-0.1, -0.05) is 138 Å². The summed E-state index contributed by atoms with van der Waals surface area (Å²) < 4.78 is 22.5. The number of aliphatic carboxylic acids is 1. The lowest BCUT2D eigenvalue weighted by atomic mass is 9.80. The highest BCUT2D eigenvalue weighted by atomic mass is 17.0. The maximum atomic E-state index is 11.8. The van der Waals surface area contributed by atoms with Crippen LogP contribution < -0.4 is 10.1 Å². The Labute approximate surface area is 620 Å². The molecule has 0 fully saturated rings. The summed E-state index contributed by atoms with van der Waals surface area (Å²) in [6, 6.07) is 21.1. The van der Waals surface area contributed by atoms with Crippen molar-refractivity contribution in [1.82, 2.24) is 9.80 Å². The van der Waals surface area contributed by atoms with Crippen molar-refractivity contribution < 1.29 is 134 Å². The molecule has 0 aromatic heterocycles. The summed E-state index contributed by atoms with van der Waals surface area (Å²) >= 11 is 0. The van der Waals surface area contributed by atoms with Crippen molar-refractivity contribution in [3.05, 3.63) is 126 Å². The van der Waals surface area contributed by atoms with Gasteiger partial charge in [-0.05, 0) is 145 Å². The number of hydrogen-bond donors (Lipinski definition) is 13. The fraction of sp³-hybridized carbons (Fsp3) is 0.597. The van der Waals surface area contributed by atoms with Crippen LogP contribution in [0.25, 0.3) is 0 Å². The summed E-state index contributed by atoms with van der Waals surface area (Å²) in [5, 5.41) is 103. The van der Waals surface area contributed by atoms with Gasteiger partial charge in [0.15, 0.2) is 5.78 Å². The molecule has 19 N–H and O–H groups in total. The van der Waals surface area contributed by atoms with E-state index in [1.807, 2.05) is 72.7 Å². The molecule has 0 spiro atoms. The number of ether oxygens (including phenoxy) is 3. The lowest BCUT2D eigenvalue weighted by molar-refractivity contribution is -0.937. The number of esters is 3. The van der Waals surface area contributed by atoms with Crippen LogP contribution in [0.1, 0.15) is 153 Å². The number of hydrogen-bond acceptors (Lipinski definition) is 23. The van der Waals surface area contributed by atoms with Gasteiger partial charge in [0, 0.05) is 24.2 Å². The maximum absolute atomic E-state index is 11.8. The predicted molar refractivity (Wildman–Crippen MR) is 409 cm³/mol. The Morgan fingerprint density at radius 1 is 0.490 bits per heavy atom. The molecule has 1 aliphatic carbocycles. The third-order valence-corrected chi connectivity index (χ3v) is 16.8. The number of phenolic OH excluding ortho intramolecular Hbond substituents is 1. The van der Waals surface area contributed by atoms with Gasteiger partial charge in [-0.2, -0.15) is 0 Å². The lowest BCUT2D eigenvalue weighted by Gasteiger charge is -2.37. The van der Waals surface area contributed by atoms with Crippen molar-refractivity contribution in [2.24, 2.45) is 23.7 Å². The Hall–Kier alpha value is -6.50. The lowest BCUT2D eigenvalue weighted by Crippen LogP contribution is -2.49. The number of carbonyl (C=O) groups excluding carboxylic acids is 4. The molecule has 4 rings (SSSR count). The number of aliphatic hydroxyl groups excluding tert-OH is 2. The topological polar surface area (TPSA) is 486 Å². The molecule has 0 bridgehead atoms. The van der Waals surface area contributed by atoms with E-state index in [2.05, 4.69) is 71.8 Å². The number of carboxylic acids is 1. The Morgan fingerprint density at radius 2 is 0.817 bits per heavy atom. The average Bonchev–Trinajstić information content (AvgIpc) is 0.852. The van der Waals surface area contributed by atoms with Gasteiger partial charge in [0.1, 0.15) is 57.5 Å². The molecule has 32 heteroatoms. The van der Waals surface area contributed by atoms with Crippen LogP contribution in [-0.2, 0) is 57.9 Å². The number of carboxylic acid groups (broad SMARTS) is 1. The second kappa shape index (κ2) is 70.8. The summed E-state index contributed by atoms with van der Waals surface area (Å²) in [6.07, 6.45) is 9.55. The van der Waals surface area contributed by atoms with Gasteiger partial charge in [-0.3, -0.25) is 34.5 Å². The molecule has 4 atom stereocenters. The Balaban J connectivity index is -0.000000178. The number of ketones is 1. The quantitative estimate of drug-likeness (QED) is 0.00976. The van der Waals surface area contributed by atoms with E-state index >= 15 is 0 Å². The number of carbonyl (C=O) groups is 5. The maximum Gasteiger partial charge on any atom is 0.707 e. The van der Waals surface area contributed by atoms with Gasteiger partial charge in [0.2, 0.25) is 0 Å². The minimum absolute atomic E-state index is 0. The number of phenols is 1. The van der Waals surface area contributed by atoms with Crippen LogP contribution in [0.5, 0.6) is 11.5 Å². The molecular formula is C72H135B3N4O25+2. The molecule has 4 unspecified atom stereocenters. The number of benzene rings is 3. The molecule has 1 aliphatic rings. The Bertz CT molecular complexity index is 2570. The molecule has 0 aliphatic heterocycles. The zero-order valence-electron chi connectivity index (χ0n) is 65.0. The third-order valence-electron chi connectivity index (χ3n) is 16.8. The van der Waals surface area contributed by atoms with Crippen LogP contribution in [0.4, 0.5) is 0 Å². The standard InChI is InChI=1S/C18H31BNO5.C18H31BNO4.C11H23NO2.C7H8O2.C7H6O.C6H15NO.C5H10O2.BH3O3.H2O2.3H2O/c1-5-15(4)18(21)24-13-12-20(6-2,7-3)14-16-8-10-17(11-9-16)25-19(22)23;1-5-15(4)18(21)24-13-12-20(6-2,7-3)14-16-8-10-17(11-9-16)19(22)23;1-5-10(4)11(13)14-9-8-12(6-2)7-3;8-5-6-1-3-7(9)4-2-6;1-6-2-4-7(8)5-3-6;1-3-7(4-2)5-6-8;1-3-4(2)5(6)7;2-1(3)4;1-2;;;/h8-11,15,22-23H,5-7,12-14H2,1-4H3;8-11,15,22-23H,5-7,12-14H2,1-4H3;10H,5-9H2,1-4H3;1-4,8-9H,5H2;2-5H,1H2;8H,3-6H2,1-2H3;4H,3H2,1-2H3,(H,6,7);2-4H;1-2H;3*1H2/q2*+1;;;;;;;;;;. The minimum atomic E-state index is -2.17. The van der Waals surface area contributed by atoms with Crippen LogP contribution in [0.2, 0.25) is 0 Å². The molecule has 104 heavy (non-hydrogen) atoms. The number of aromatic hydroxyl groups is 1. The first-order valence-electron chi connectivity index (χ1n) is 35.0. The number of likely N-dealkylation sites (N-methyl/N-ethyl adjacent to an activating group) is 4. The fourth-order valence-corrected chi connectivity index (χ4v) is 8.42. The monoisotopic (exact) mass is 1490 g/mol. The first-order valence-corrected chi connectivity index (χ1v) is 35.0. The van der Waals surface area contributed by atoms with Crippen LogP contribution in [-0.4, -0.2) is 258 Å². The van der Waals surface area contributed by atoms with E-state index < -0.39 is 27.7 Å². The fourth-order valence-electron chi connectivity index (χ4n) is 8.42. The van der Waals surface area contributed by atoms with Crippen molar-refractivity contribution in [1.29, 1.82) is 0 Å². The second-order valence-electron chi connectivity index (χ2n) is 23.6. The van der Waals surface area contributed by atoms with E-state index in [0.29, 0.717) is 31.0 Å². The normalized spacial score (nSPS) is 11.9. The molecule has 0 radical (unpaired) electrons. The van der Waals surface area contributed by atoms with Gasteiger partial charge in [0.05, 0.1) is 63.1 Å². The van der Waals surface area contributed by atoms with Gasteiger partial charge in [-0.25, -0.2) is 0 Å². The van der Waals surface area contributed by atoms with Crippen LogP contribution in [0.3, 0.4) is 0 Å². The summed E-state index contributed by atoms with van der Waals surface area (Å²) in [7, 11) is -5.41. The molecule has 0 heterocycles. The number of nitrogens with zero attached hydrogens (tertiary/aromatic N) is 4. The molecular weight excluding hydrogens is 1350 g/mol. The van der Waals surface area contributed by atoms with Crippen LogP contribution >= 0.6 is 0 Å². The van der Waals surface area contributed by atoms with Crippen molar-refractivity contribution in [3.8, 4) is 11.5 Å². The van der Waals surface area contributed by atoms with Crippen molar-refractivity contribution in [2.75, 3.05) is 105 Å². The number of aliphatic hydroxyl groups is 2. The summed E-state index contributed by atoms with van der Waals surface area (Å²) in [5.74, 6) is -0.598. The van der Waals surface area contributed by atoms with E-state index in [4.69, 9.17) is 74.9 Å². The van der Waals surface area contributed by atoms with Crippen molar-refractivity contribution in [2.45, 2.75) is 156 Å². The highest BCUT2D eigenvalue weighted by Gasteiger charge is 2.27. The molecule has 3 aromatic rings. The van der Waals surface area contributed by atoms with E-state index in [1.165, 1.54) is 12.2 Å². The number of rotatable bonds is 35. The zero-order valence-corrected chi connectivity index (χ0v) is 65.0. The van der Waals surface area contributed by atoms with E-state index in [9.17, 15) is 34.0 Å². The molecule has 600 valence electrons. The second-order valence-corrected chi connectivity index (χ2v) is 23.6. The largest absolute Gasteiger partial charge is 0.707 e. The smallest absolute Gasteiger partial charge is 0.512 e. The van der Waals surface area contributed by atoms with E-state index in [-0.39, 0.29) is 82.8 Å². The summed E-state index contributed by atoms with van der Waals surface area (Å²) in [6.45, 7) is 50.2. The number of allylic oxidation sites excluding steroid dienone is 5. The SMILES string of the molecule is C=C1C=CC(=O)C=C1.CCC(C)C(=O)O.CCC(C)C(=O)OCCN(CC)CC.CCC(C)C(=O)OCC[N+](CC)(CC)Cc1ccc(B(O)O)cc1.CCC(C)C(=O)OCC[N+](CC)(CC)Cc1ccc(OB(O)O)cc1.CCN(CC)CCO.O.O.O.OB(O)O.OCc1ccc(O)cc1.OO. The Morgan fingerprint density at radius 3 is 1.08 bits per heavy atom. The summed E-state index contributed by atoms with van der Waals surface area (Å²) in [4.78, 5) is 59.7. The van der Waals surface area contributed by atoms with Crippen molar-refractivity contribution >= 4 is 56.9 Å². The molecule has 0 saturated carbocycles. The highest BCUT2D eigenvalue weighted by Crippen LogP contribution is 2.20. The number of quaternary nitrogens is 2. The first kappa shape index (κ1) is 113. The van der Waals surface area contributed by atoms with Crippen LogP contribution in [0.15, 0.2) is 109 Å². The van der Waals surface area contributed by atoms with Crippen LogP contribution in [0, 0.1) is 23.7 Å². The minimum Gasteiger partial charge on any atom is -0.512 e. The Kier molecular flexibility index (Phi) is 77.2. The molecule has 29 nitrogen and oxygen atoms in total. The van der Waals surface area contributed by atoms with E-state index in [0.717, 1.165) is 149 Å². The zero-order chi connectivity index (χ0) is 78.5. The molecule has 0 saturated heterocycles. The molecule has 3 aromatic carbocycles. The average molecular weight is 1490 g/mol.